The predicted octanol–water partition coefficient (Wildman–Crippen LogP) is 4.79. The van der Waals surface area contributed by atoms with Crippen molar-refractivity contribution < 1.29 is 23.9 Å². The molecule has 2 aliphatic rings. The average Bonchev–Trinajstić information content (AvgIpc) is 3.14. The minimum Gasteiger partial charge on any atom is -0.497 e. The molecule has 2 heterocycles. The number of carbonyl (C=O) groups is 3. The first-order valence-corrected chi connectivity index (χ1v) is 11.9. The number of para-hydroxylation sites is 2. The Morgan fingerprint density at radius 3 is 2.26 bits per heavy atom. The molecule has 5 rings (SSSR count). The van der Waals surface area contributed by atoms with E-state index in [0.717, 1.165) is 33.4 Å². The summed E-state index contributed by atoms with van der Waals surface area (Å²) in [6.45, 7) is 0.233. The Bertz CT molecular complexity index is 1290. The maximum Gasteiger partial charge on any atom is 0.293 e. The normalized spacial score (nSPS) is 16.0. The van der Waals surface area contributed by atoms with Gasteiger partial charge in [0.2, 0.25) is 5.91 Å². The Morgan fingerprint density at radius 2 is 1.63 bits per heavy atom. The minimum atomic E-state index is -0.541. The van der Waals surface area contributed by atoms with Crippen LogP contribution in [0.4, 0.5) is 4.79 Å². The lowest BCUT2D eigenvalue weighted by atomic mass is 9.87. The molecule has 0 bridgehead atoms. The van der Waals surface area contributed by atoms with Crippen LogP contribution in [0.15, 0.2) is 77.7 Å². The van der Waals surface area contributed by atoms with Gasteiger partial charge in [-0.1, -0.05) is 48.5 Å². The fourth-order valence-corrected chi connectivity index (χ4v) is 4.99. The van der Waals surface area contributed by atoms with E-state index in [1.165, 1.54) is 0 Å². The summed E-state index contributed by atoms with van der Waals surface area (Å²) < 4.78 is 11.1. The van der Waals surface area contributed by atoms with E-state index in [1.807, 2.05) is 60.7 Å². The van der Waals surface area contributed by atoms with Gasteiger partial charge < -0.3 is 14.8 Å². The predicted molar refractivity (Wildman–Crippen MR) is 133 cm³/mol. The van der Waals surface area contributed by atoms with Gasteiger partial charge in [0.1, 0.15) is 17.2 Å². The molecule has 1 saturated heterocycles. The molecule has 0 aliphatic carbocycles. The highest BCUT2D eigenvalue weighted by Gasteiger charge is 2.36. The Morgan fingerprint density at radius 1 is 1.00 bits per heavy atom. The molecular formula is C27H22N2O5S. The Balaban J connectivity index is 1.26. The summed E-state index contributed by atoms with van der Waals surface area (Å²) in [5.74, 6) is 0.865. The zero-order valence-corrected chi connectivity index (χ0v) is 19.7. The van der Waals surface area contributed by atoms with Crippen molar-refractivity contribution in [3.05, 3.63) is 94.4 Å². The summed E-state index contributed by atoms with van der Waals surface area (Å²) in [4.78, 5) is 40.0. The molecule has 0 unspecified atom stereocenters. The highest BCUT2D eigenvalue weighted by Crippen LogP contribution is 2.43. The molecule has 3 aromatic carbocycles. The molecule has 0 saturated carbocycles. The number of amides is 3. The number of nitrogens with one attached hydrogen (secondary N) is 1. The van der Waals surface area contributed by atoms with Crippen molar-refractivity contribution in [2.75, 3.05) is 20.2 Å². The number of methoxy groups -OCH3 is 1. The number of rotatable bonds is 6. The van der Waals surface area contributed by atoms with Gasteiger partial charge in [0.05, 0.1) is 17.9 Å². The lowest BCUT2D eigenvalue weighted by Gasteiger charge is -2.27. The van der Waals surface area contributed by atoms with Crippen molar-refractivity contribution in [1.82, 2.24) is 10.2 Å². The van der Waals surface area contributed by atoms with Crippen LogP contribution < -0.4 is 14.8 Å². The molecule has 35 heavy (non-hydrogen) atoms. The summed E-state index contributed by atoms with van der Waals surface area (Å²) in [7, 11) is 1.58. The van der Waals surface area contributed by atoms with Crippen LogP contribution in [0.1, 0.15) is 22.6 Å². The topological polar surface area (TPSA) is 84.9 Å². The highest BCUT2D eigenvalue weighted by atomic mass is 32.2. The van der Waals surface area contributed by atoms with Gasteiger partial charge in [-0.3, -0.25) is 19.3 Å². The average molecular weight is 487 g/mol. The molecule has 0 spiro atoms. The van der Waals surface area contributed by atoms with Gasteiger partial charge in [-0.25, -0.2) is 0 Å². The van der Waals surface area contributed by atoms with E-state index in [4.69, 9.17) is 9.47 Å². The van der Waals surface area contributed by atoms with Crippen molar-refractivity contribution in [3.8, 4) is 17.2 Å². The zero-order valence-electron chi connectivity index (χ0n) is 18.9. The first kappa shape index (κ1) is 22.7. The van der Waals surface area contributed by atoms with Crippen LogP contribution in [-0.4, -0.2) is 42.2 Å². The molecule has 0 radical (unpaired) electrons. The van der Waals surface area contributed by atoms with Gasteiger partial charge in [0.15, 0.2) is 0 Å². The number of hydrogen-bond donors (Lipinski definition) is 1. The molecule has 3 amide bonds. The molecule has 0 aromatic heterocycles. The van der Waals surface area contributed by atoms with Gasteiger partial charge >= 0.3 is 0 Å². The Hall–Kier alpha value is -4.04. The molecule has 1 N–H and O–H groups in total. The van der Waals surface area contributed by atoms with Gasteiger partial charge in [-0.05, 0) is 47.7 Å². The molecule has 0 atom stereocenters. The third-order valence-corrected chi connectivity index (χ3v) is 6.77. The number of fused-ring (bicyclic) bond motifs is 2. The number of ether oxygens (including phenoxy) is 2. The quantitative estimate of drug-likeness (QED) is 0.505. The number of imide groups is 1. The third kappa shape index (κ3) is 4.52. The molecule has 8 heteroatoms. The zero-order chi connectivity index (χ0) is 24.4. The molecule has 7 nitrogen and oxygen atoms in total. The Kier molecular flexibility index (Phi) is 6.29. The van der Waals surface area contributed by atoms with E-state index in [-0.39, 0.29) is 30.1 Å². The molecule has 3 aromatic rings. The largest absolute Gasteiger partial charge is 0.497 e. The fraction of sp³-hybridized carbons (Fsp3) is 0.148. The standard InChI is InChI=1S/C27H22N2O5S/c1-33-18-12-10-17(11-13-18)16-23-26(31)29(27(32)35-23)15-14-28-25(30)24-19-6-2-4-8-21(19)34-22-9-5-3-7-20(22)24/h2-13,16,24H,14-15H2,1H3,(H,28,30)/b23-16-. The van der Waals surface area contributed by atoms with Crippen LogP contribution in [-0.2, 0) is 9.59 Å². The number of carbonyl (C=O) groups excluding carboxylic acids is 3. The first-order chi connectivity index (χ1) is 17.0. The van der Waals surface area contributed by atoms with Gasteiger partial charge in [0, 0.05) is 24.2 Å². The van der Waals surface area contributed by atoms with Crippen molar-refractivity contribution in [1.29, 1.82) is 0 Å². The van der Waals surface area contributed by atoms with Crippen molar-refractivity contribution in [3.63, 3.8) is 0 Å². The lowest BCUT2D eigenvalue weighted by molar-refractivity contribution is -0.124. The summed E-state index contributed by atoms with van der Waals surface area (Å²) >= 11 is 0.893. The summed E-state index contributed by atoms with van der Waals surface area (Å²) in [6, 6.07) is 22.1. The van der Waals surface area contributed by atoms with Crippen molar-refractivity contribution in [2.24, 2.45) is 0 Å². The second kappa shape index (κ2) is 9.68. The monoisotopic (exact) mass is 486 g/mol. The van der Waals surface area contributed by atoms with Gasteiger partial charge in [-0.2, -0.15) is 0 Å². The smallest absolute Gasteiger partial charge is 0.293 e. The van der Waals surface area contributed by atoms with E-state index in [9.17, 15) is 14.4 Å². The van der Waals surface area contributed by atoms with Gasteiger partial charge in [0.25, 0.3) is 11.1 Å². The van der Waals surface area contributed by atoms with E-state index in [1.54, 1.807) is 25.3 Å². The van der Waals surface area contributed by atoms with Gasteiger partial charge in [-0.15, -0.1) is 0 Å². The van der Waals surface area contributed by atoms with Crippen LogP contribution in [0, 0.1) is 0 Å². The number of benzene rings is 3. The van der Waals surface area contributed by atoms with Crippen LogP contribution in [0.2, 0.25) is 0 Å². The van der Waals surface area contributed by atoms with Crippen LogP contribution in [0.25, 0.3) is 6.08 Å². The molecular weight excluding hydrogens is 464 g/mol. The van der Waals surface area contributed by atoms with Crippen molar-refractivity contribution >= 4 is 34.9 Å². The summed E-state index contributed by atoms with van der Waals surface area (Å²) in [5.41, 5.74) is 2.34. The second-order valence-corrected chi connectivity index (χ2v) is 9.00. The SMILES string of the molecule is COc1ccc(/C=C2\SC(=O)N(CCNC(=O)C3c4ccccc4Oc4ccccc43)C2=O)cc1. The number of nitrogens with zero attached hydrogens (tertiary/aromatic N) is 1. The van der Waals surface area contributed by atoms with Crippen molar-refractivity contribution in [2.45, 2.75) is 5.92 Å². The molecule has 1 fully saturated rings. The van der Waals surface area contributed by atoms with Crippen LogP contribution in [0.5, 0.6) is 17.2 Å². The second-order valence-electron chi connectivity index (χ2n) is 8.01. The first-order valence-electron chi connectivity index (χ1n) is 11.1. The lowest BCUT2D eigenvalue weighted by Crippen LogP contribution is -2.39. The van der Waals surface area contributed by atoms with Crippen LogP contribution in [0.3, 0.4) is 0 Å². The number of hydrogen-bond acceptors (Lipinski definition) is 6. The number of thioether (sulfide) groups is 1. The molecule has 2 aliphatic heterocycles. The maximum atomic E-state index is 13.2. The van der Waals surface area contributed by atoms with E-state index in [2.05, 4.69) is 5.32 Å². The van der Waals surface area contributed by atoms with E-state index < -0.39 is 5.92 Å². The third-order valence-electron chi connectivity index (χ3n) is 5.86. The summed E-state index contributed by atoms with van der Waals surface area (Å²) in [6.07, 6.45) is 1.68. The summed E-state index contributed by atoms with van der Waals surface area (Å²) in [5, 5.41) is 2.54. The fourth-order valence-electron chi connectivity index (χ4n) is 4.13. The maximum absolute atomic E-state index is 13.2. The Labute approximate surface area is 206 Å². The minimum absolute atomic E-state index is 0.0862. The van der Waals surface area contributed by atoms with Crippen LogP contribution >= 0.6 is 11.8 Å². The van der Waals surface area contributed by atoms with E-state index in [0.29, 0.717) is 22.2 Å². The molecule has 176 valence electrons. The highest BCUT2D eigenvalue weighted by molar-refractivity contribution is 8.18. The van der Waals surface area contributed by atoms with E-state index >= 15 is 0 Å².